The van der Waals surface area contributed by atoms with Crippen LogP contribution >= 0.6 is 34.7 Å². The van der Waals surface area contributed by atoms with Gasteiger partial charge < -0.3 is 10.5 Å². The summed E-state index contributed by atoms with van der Waals surface area (Å²) in [5.41, 5.74) is 8.39. The number of ether oxygens (including phenoxy) is 1. The summed E-state index contributed by atoms with van der Waals surface area (Å²) >= 11 is 13.2. The van der Waals surface area contributed by atoms with Crippen LogP contribution in [-0.2, 0) is 23.1 Å². The van der Waals surface area contributed by atoms with Crippen LogP contribution in [0.4, 0.5) is 5.82 Å². The molecule has 0 unspecified atom stereocenters. The van der Waals surface area contributed by atoms with Gasteiger partial charge in [-0.1, -0.05) is 41.9 Å². The third-order valence-corrected chi connectivity index (χ3v) is 8.53. The maximum absolute atomic E-state index is 13.1. The lowest BCUT2D eigenvalue weighted by Gasteiger charge is -2.13. The quantitative estimate of drug-likeness (QED) is 0.377. The summed E-state index contributed by atoms with van der Waals surface area (Å²) in [7, 11) is -2.57. The molecule has 0 aliphatic carbocycles. The molecule has 4 rings (SSSR count). The molecule has 11 heteroatoms. The maximum Gasteiger partial charge on any atom is 0.289 e. The number of hydrogen-bond donors (Lipinski definition) is 1. The number of sulfonamides is 1. The Kier molecular flexibility index (Phi) is 6.14. The Hall–Kier alpha value is -2.30. The molecule has 2 aromatic carbocycles. The van der Waals surface area contributed by atoms with E-state index in [0.29, 0.717) is 37.9 Å². The van der Waals surface area contributed by atoms with Gasteiger partial charge in [-0.3, -0.25) is 4.68 Å². The van der Waals surface area contributed by atoms with E-state index >= 15 is 0 Å². The van der Waals surface area contributed by atoms with Crippen LogP contribution in [0.2, 0.25) is 4.34 Å². The molecule has 0 amide bonds. The number of anilines is 1. The second-order valence-corrected chi connectivity index (χ2v) is 10.9. The number of nitrogens with two attached hydrogens (primary N) is 1. The Morgan fingerprint density at radius 1 is 1.16 bits per heavy atom. The molecule has 0 aliphatic heterocycles. The largest absolute Gasteiger partial charge is 0.496 e. The lowest BCUT2D eigenvalue weighted by Crippen LogP contribution is -2.21. The molecule has 2 aromatic heterocycles. The van der Waals surface area contributed by atoms with E-state index in [-0.39, 0.29) is 10.0 Å². The Morgan fingerprint density at radius 3 is 2.58 bits per heavy atom. The third-order valence-electron chi connectivity index (χ3n) is 4.68. The molecule has 0 saturated carbocycles. The fourth-order valence-electron chi connectivity index (χ4n) is 3.25. The SMILES string of the molecule is COc1cccc2c1c(N(Cl)S(=O)(=O)c1ccc(Cl)s1)nn2Cc1cccc(CN)c1. The van der Waals surface area contributed by atoms with Gasteiger partial charge in [0, 0.05) is 18.3 Å². The van der Waals surface area contributed by atoms with Gasteiger partial charge in [-0.25, -0.2) is 0 Å². The van der Waals surface area contributed by atoms with Crippen LogP contribution in [0.5, 0.6) is 5.75 Å². The van der Waals surface area contributed by atoms with Gasteiger partial charge in [-0.15, -0.1) is 11.3 Å². The lowest BCUT2D eigenvalue weighted by molar-refractivity contribution is 0.420. The number of methoxy groups -OCH3 is 1. The molecule has 0 aliphatic rings. The first-order valence-electron chi connectivity index (χ1n) is 9.13. The number of nitrogens with zero attached hydrogens (tertiary/aromatic N) is 3. The predicted molar refractivity (Wildman–Crippen MR) is 125 cm³/mol. The van der Waals surface area contributed by atoms with E-state index in [1.807, 2.05) is 36.4 Å². The summed E-state index contributed by atoms with van der Waals surface area (Å²) in [4.78, 5) is 0. The van der Waals surface area contributed by atoms with Crippen LogP contribution in [0.15, 0.2) is 58.8 Å². The van der Waals surface area contributed by atoms with E-state index < -0.39 is 10.0 Å². The van der Waals surface area contributed by atoms with E-state index in [0.717, 1.165) is 22.5 Å². The number of rotatable bonds is 7. The maximum atomic E-state index is 13.1. The molecule has 2 heterocycles. The average Bonchev–Trinajstić information content (AvgIpc) is 3.37. The zero-order valence-corrected chi connectivity index (χ0v) is 19.5. The van der Waals surface area contributed by atoms with Crippen LogP contribution < -0.4 is 14.3 Å². The molecule has 4 aromatic rings. The predicted octanol–water partition coefficient (Wildman–Crippen LogP) is 4.62. The minimum atomic E-state index is -4.07. The van der Waals surface area contributed by atoms with Gasteiger partial charge in [0.25, 0.3) is 10.0 Å². The van der Waals surface area contributed by atoms with E-state index in [1.165, 1.54) is 19.2 Å². The first kappa shape index (κ1) is 21.9. The van der Waals surface area contributed by atoms with Crippen molar-refractivity contribution in [1.82, 2.24) is 9.78 Å². The molecule has 7 nitrogen and oxygen atoms in total. The first-order valence-corrected chi connectivity index (χ1v) is 12.1. The molecule has 0 saturated heterocycles. The van der Waals surface area contributed by atoms with Crippen molar-refractivity contribution in [1.29, 1.82) is 0 Å². The highest BCUT2D eigenvalue weighted by Gasteiger charge is 2.31. The van der Waals surface area contributed by atoms with Crippen molar-refractivity contribution in [3.05, 3.63) is 70.1 Å². The number of thiophene rings is 1. The molecule has 0 bridgehead atoms. The van der Waals surface area contributed by atoms with E-state index in [2.05, 4.69) is 5.10 Å². The lowest BCUT2D eigenvalue weighted by atomic mass is 10.1. The van der Waals surface area contributed by atoms with Crippen LogP contribution in [0.1, 0.15) is 11.1 Å². The van der Waals surface area contributed by atoms with Gasteiger partial charge in [-0.05, 0) is 35.4 Å². The van der Waals surface area contributed by atoms with E-state index in [1.54, 1.807) is 10.7 Å². The summed E-state index contributed by atoms with van der Waals surface area (Å²) in [6.45, 7) is 0.816. The molecule has 0 spiro atoms. The van der Waals surface area contributed by atoms with Crippen molar-refractivity contribution in [3.8, 4) is 5.75 Å². The monoisotopic (exact) mass is 496 g/mol. The summed E-state index contributed by atoms with van der Waals surface area (Å²) in [5.74, 6) is 0.508. The van der Waals surface area contributed by atoms with Gasteiger partial charge in [0.1, 0.15) is 9.96 Å². The molecular weight excluding hydrogens is 479 g/mol. The highest BCUT2D eigenvalue weighted by atomic mass is 35.5. The molecular formula is C20H18Cl2N4O3S2. The van der Waals surface area contributed by atoms with Gasteiger partial charge in [0.2, 0.25) is 0 Å². The zero-order chi connectivity index (χ0) is 22.2. The van der Waals surface area contributed by atoms with Gasteiger partial charge in [-0.2, -0.15) is 17.3 Å². The minimum absolute atomic E-state index is 0.0146. The number of halogens is 2. The summed E-state index contributed by atoms with van der Waals surface area (Å²) < 4.78 is 34.3. The van der Waals surface area contributed by atoms with Crippen LogP contribution in [0.25, 0.3) is 10.9 Å². The summed E-state index contributed by atoms with van der Waals surface area (Å²) in [6, 6.07) is 16.1. The van der Waals surface area contributed by atoms with Gasteiger partial charge in [0.15, 0.2) is 5.82 Å². The second-order valence-electron chi connectivity index (χ2n) is 6.64. The van der Waals surface area contributed by atoms with Gasteiger partial charge >= 0.3 is 0 Å². The Balaban J connectivity index is 1.85. The number of fused-ring (bicyclic) bond motifs is 1. The van der Waals surface area contributed by atoms with E-state index in [4.69, 9.17) is 33.8 Å². The van der Waals surface area contributed by atoms with Crippen molar-refractivity contribution in [3.63, 3.8) is 0 Å². The second kappa shape index (κ2) is 8.68. The highest BCUT2D eigenvalue weighted by molar-refractivity contribution is 7.96. The fourth-order valence-corrected chi connectivity index (χ4v) is 6.29. The minimum Gasteiger partial charge on any atom is -0.496 e. The topological polar surface area (TPSA) is 90.5 Å². The number of hydrogen-bond acceptors (Lipinski definition) is 6. The average molecular weight is 497 g/mol. The smallest absolute Gasteiger partial charge is 0.289 e. The summed E-state index contributed by atoms with van der Waals surface area (Å²) in [5, 5.41) is 5.03. The van der Waals surface area contributed by atoms with Crippen molar-refractivity contribution >= 4 is 61.5 Å². The number of benzene rings is 2. The van der Waals surface area contributed by atoms with Crippen LogP contribution in [-0.4, -0.2) is 25.3 Å². The molecule has 162 valence electrons. The van der Waals surface area contributed by atoms with Crippen molar-refractivity contribution < 1.29 is 13.2 Å². The van der Waals surface area contributed by atoms with E-state index in [9.17, 15) is 8.42 Å². The molecule has 31 heavy (non-hydrogen) atoms. The fraction of sp³-hybridized carbons (Fsp3) is 0.150. The van der Waals surface area contributed by atoms with Crippen molar-refractivity contribution in [2.45, 2.75) is 17.3 Å². The van der Waals surface area contributed by atoms with Crippen LogP contribution in [0, 0.1) is 0 Å². The zero-order valence-electron chi connectivity index (χ0n) is 16.3. The molecule has 0 fully saturated rings. The Labute approximate surface area is 193 Å². The van der Waals surface area contributed by atoms with Crippen molar-refractivity contribution in [2.24, 2.45) is 5.73 Å². The Morgan fingerprint density at radius 2 is 1.90 bits per heavy atom. The normalized spacial score (nSPS) is 11.7. The van der Waals surface area contributed by atoms with Crippen LogP contribution in [0.3, 0.4) is 0 Å². The number of aromatic nitrogens is 2. The standard InChI is InChI=1S/C20H18Cl2N4O3S2/c1-29-16-7-3-6-15-19(16)20(26(22)31(27,28)18-9-8-17(21)30-18)24-25(15)12-14-5-2-4-13(10-14)11-23/h2-10H,11-12,23H2,1H3. The Bertz CT molecular complexity index is 1350. The summed E-state index contributed by atoms with van der Waals surface area (Å²) in [6.07, 6.45) is 0. The molecule has 2 N–H and O–H groups in total. The highest BCUT2D eigenvalue weighted by Crippen LogP contribution is 2.39. The van der Waals surface area contributed by atoms with Crippen molar-refractivity contribution in [2.75, 3.05) is 10.9 Å². The first-order chi connectivity index (χ1) is 14.8. The molecule has 0 atom stereocenters. The van der Waals surface area contributed by atoms with Gasteiger partial charge in [0.05, 0.1) is 28.9 Å². The third kappa shape index (κ3) is 4.11. The molecule has 0 radical (unpaired) electrons.